The predicted octanol–water partition coefficient (Wildman–Crippen LogP) is 3.69. The van der Waals surface area contributed by atoms with E-state index in [0.717, 1.165) is 18.5 Å². The van der Waals surface area contributed by atoms with Crippen molar-refractivity contribution >= 4 is 11.6 Å². The van der Waals surface area contributed by atoms with Crippen molar-refractivity contribution in [3.05, 3.63) is 18.2 Å². The van der Waals surface area contributed by atoms with Crippen LogP contribution in [0, 0.1) is 0 Å². The molecule has 5 nitrogen and oxygen atoms in total. The molecule has 1 aliphatic rings. The number of ether oxygens (including phenoxy) is 2. The third-order valence-electron chi connectivity index (χ3n) is 4.69. The zero-order chi connectivity index (χ0) is 17.5. The van der Waals surface area contributed by atoms with E-state index in [1.807, 2.05) is 44.0 Å². The first kappa shape index (κ1) is 18.4. The Morgan fingerprint density at radius 1 is 1.29 bits per heavy atom. The third kappa shape index (κ3) is 4.56. The van der Waals surface area contributed by atoms with E-state index in [9.17, 15) is 4.79 Å². The van der Waals surface area contributed by atoms with Gasteiger partial charge in [0, 0.05) is 24.8 Å². The highest BCUT2D eigenvalue weighted by atomic mass is 16.5. The lowest BCUT2D eigenvalue weighted by Gasteiger charge is -2.33. The summed E-state index contributed by atoms with van der Waals surface area (Å²) in [6.45, 7) is 4.43. The molecule has 0 unspecified atom stereocenters. The highest BCUT2D eigenvalue weighted by Crippen LogP contribution is 2.30. The van der Waals surface area contributed by atoms with Gasteiger partial charge in [0.05, 0.1) is 13.7 Å². The number of hydrogen-bond acceptors (Lipinski definition) is 4. The molecule has 0 bridgehead atoms. The Labute approximate surface area is 145 Å². The maximum absolute atomic E-state index is 12.7. The van der Waals surface area contributed by atoms with Gasteiger partial charge in [-0.05, 0) is 38.8 Å². The highest BCUT2D eigenvalue weighted by Gasteiger charge is 2.25. The van der Waals surface area contributed by atoms with Gasteiger partial charge in [0.2, 0.25) is 5.91 Å². The second kappa shape index (κ2) is 8.81. The molecular formula is C19H30N2O3. The molecule has 0 aliphatic heterocycles. The summed E-state index contributed by atoms with van der Waals surface area (Å²) in [5.74, 6) is 1.51. The smallest absolute Gasteiger partial charge is 0.244 e. The molecule has 1 aromatic rings. The number of likely N-dealkylation sites (N-methyl/N-ethyl adjacent to an activating group) is 1. The lowest BCUT2D eigenvalue weighted by Crippen LogP contribution is -2.45. The Bertz CT molecular complexity index is 541. The topological polar surface area (TPSA) is 50.8 Å². The molecule has 0 radical (unpaired) electrons. The number of carbonyl (C=O) groups is 1. The van der Waals surface area contributed by atoms with Crippen molar-refractivity contribution in [2.24, 2.45) is 0 Å². The second-order valence-corrected chi connectivity index (χ2v) is 6.41. The van der Waals surface area contributed by atoms with E-state index >= 15 is 0 Å². The van der Waals surface area contributed by atoms with Crippen molar-refractivity contribution in [1.82, 2.24) is 4.90 Å². The van der Waals surface area contributed by atoms with Gasteiger partial charge in [-0.1, -0.05) is 19.3 Å². The monoisotopic (exact) mass is 334 g/mol. The Balaban J connectivity index is 2.00. The van der Waals surface area contributed by atoms with Gasteiger partial charge in [-0.2, -0.15) is 0 Å². The van der Waals surface area contributed by atoms with Gasteiger partial charge in [-0.15, -0.1) is 0 Å². The number of carbonyl (C=O) groups excluding carboxylic acids is 1. The number of rotatable bonds is 7. The molecule has 2 rings (SSSR count). The number of hydrogen-bond donors (Lipinski definition) is 1. The molecule has 134 valence electrons. The molecule has 0 heterocycles. The van der Waals surface area contributed by atoms with E-state index < -0.39 is 0 Å². The third-order valence-corrected chi connectivity index (χ3v) is 4.69. The summed E-state index contributed by atoms with van der Waals surface area (Å²) >= 11 is 0. The van der Waals surface area contributed by atoms with Crippen molar-refractivity contribution < 1.29 is 14.3 Å². The summed E-state index contributed by atoms with van der Waals surface area (Å²) < 4.78 is 10.9. The van der Waals surface area contributed by atoms with Crippen molar-refractivity contribution in [1.29, 1.82) is 0 Å². The molecule has 0 saturated heterocycles. The van der Waals surface area contributed by atoms with E-state index in [1.165, 1.54) is 19.3 Å². The fraction of sp³-hybridized carbons (Fsp3) is 0.632. The van der Waals surface area contributed by atoms with E-state index in [1.54, 1.807) is 7.11 Å². The van der Waals surface area contributed by atoms with Crippen LogP contribution >= 0.6 is 0 Å². The second-order valence-electron chi connectivity index (χ2n) is 6.41. The minimum absolute atomic E-state index is 0.134. The van der Waals surface area contributed by atoms with Crippen LogP contribution in [0.5, 0.6) is 11.5 Å². The van der Waals surface area contributed by atoms with Crippen LogP contribution in [-0.2, 0) is 4.79 Å². The van der Waals surface area contributed by atoms with Crippen LogP contribution in [0.25, 0.3) is 0 Å². The van der Waals surface area contributed by atoms with Crippen LogP contribution in [0.15, 0.2) is 18.2 Å². The summed E-state index contributed by atoms with van der Waals surface area (Å²) in [5, 5.41) is 3.28. The first-order valence-electron chi connectivity index (χ1n) is 8.90. The van der Waals surface area contributed by atoms with Crippen LogP contribution in [0.2, 0.25) is 0 Å². The minimum Gasteiger partial charge on any atom is -0.493 e. The number of amides is 1. The number of anilines is 1. The fourth-order valence-electron chi connectivity index (χ4n) is 3.30. The Kier molecular flexibility index (Phi) is 6.76. The normalized spacial score (nSPS) is 16.3. The van der Waals surface area contributed by atoms with E-state index in [4.69, 9.17) is 9.47 Å². The standard InChI is InChI=1S/C19H30N2O3/c1-5-24-17-12-11-15(13-18(17)23-4)20-14(2)19(22)21(3)16-9-7-6-8-10-16/h11-14,16,20H,5-10H2,1-4H3/t14-/m1/s1. The fourth-order valence-corrected chi connectivity index (χ4v) is 3.30. The summed E-state index contributed by atoms with van der Waals surface area (Å²) in [4.78, 5) is 14.6. The summed E-state index contributed by atoms with van der Waals surface area (Å²) in [5.41, 5.74) is 0.855. The Hall–Kier alpha value is -1.91. The molecule has 1 fully saturated rings. The van der Waals surface area contributed by atoms with E-state index in [0.29, 0.717) is 24.1 Å². The number of nitrogens with one attached hydrogen (secondary N) is 1. The van der Waals surface area contributed by atoms with Gasteiger partial charge in [0.1, 0.15) is 6.04 Å². The van der Waals surface area contributed by atoms with Gasteiger partial charge < -0.3 is 19.7 Å². The maximum Gasteiger partial charge on any atom is 0.244 e. The molecule has 0 spiro atoms. The Morgan fingerprint density at radius 3 is 2.62 bits per heavy atom. The minimum atomic E-state index is -0.278. The SMILES string of the molecule is CCOc1ccc(N[C@H](C)C(=O)N(C)C2CCCCC2)cc1OC. The van der Waals surface area contributed by atoms with Gasteiger partial charge in [0.15, 0.2) is 11.5 Å². The van der Waals surface area contributed by atoms with Gasteiger partial charge >= 0.3 is 0 Å². The largest absolute Gasteiger partial charge is 0.493 e. The molecular weight excluding hydrogens is 304 g/mol. The number of benzene rings is 1. The van der Waals surface area contributed by atoms with Crippen molar-refractivity contribution in [3.8, 4) is 11.5 Å². The first-order chi connectivity index (χ1) is 11.6. The highest BCUT2D eigenvalue weighted by molar-refractivity contribution is 5.84. The average molecular weight is 334 g/mol. The molecule has 5 heteroatoms. The van der Waals surface area contributed by atoms with Gasteiger partial charge in [0.25, 0.3) is 0 Å². The lowest BCUT2D eigenvalue weighted by atomic mass is 9.94. The van der Waals surface area contributed by atoms with E-state index in [-0.39, 0.29) is 11.9 Å². The van der Waals surface area contributed by atoms with Crippen molar-refractivity contribution in [3.63, 3.8) is 0 Å². The van der Waals surface area contributed by atoms with Crippen LogP contribution < -0.4 is 14.8 Å². The number of methoxy groups -OCH3 is 1. The summed E-state index contributed by atoms with van der Waals surface area (Å²) in [7, 11) is 3.54. The summed E-state index contributed by atoms with van der Waals surface area (Å²) in [6, 6.07) is 5.75. The van der Waals surface area contributed by atoms with Crippen molar-refractivity contribution in [2.75, 3.05) is 26.1 Å². The zero-order valence-corrected chi connectivity index (χ0v) is 15.3. The van der Waals surface area contributed by atoms with Crippen molar-refractivity contribution in [2.45, 2.75) is 58.0 Å². The van der Waals surface area contributed by atoms with Crippen LogP contribution in [0.4, 0.5) is 5.69 Å². The quantitative estimate of drug-likeness (QED) is 0.826. The van der Waals surface area contributed by atoms with Crippen LogP contribution in [0.1, 0.15) is 46.0 Å². The first-order valence-corrected chi connectivity index (χ1v) is 8.90. The van der Waals surface area contributed by atoms with Gasteiger partial charge in [-0.3, -0.25) is 4.79 Å². The molecule has 0 aromatic heterocycles. The molecule has 1 aromatic carbocycles. The number of nitrogens with zero attached hydrogens (tertiary/aromatic N) is 1. The molecule has 1 amide bonds. The maximum atomic E-state index is 12.7. The molecule has 1 atom stereocenters. The molecule has 1 N–H and O–H groups in total. The zero-order valence-electron chi connectivity index (χ0n) is 15.3. The van der Waals surface area contributed by atoms with Crippen LogP contribution in [0.3, 0.4) is 0 Å². The molecule has 1 aliphatic carbocycles. The lowest BCUT2D eigenvalue weighted by molar-refractivity contribution is -0.133. The molecule has 24 heavy (non-hydrogen) atoms. The predicted molar refractivity (Wildman–Crippen MR) is 96.9 cm³/mol. The van der Waals surface area contributed by atoms with Gasteiger partial charge in [-0.25, -0.2) is 0 Å². The summed E-state index contributed by atoms with van der Waals surface area (Å²) in [6.07, 6.45) is 5.97. The Morgan fingerprint density at radius 2 is 2.00 bits per heavy atom. The molecule has 1 saturated carbocycles. The van der Waals surface area contributed by atoms with E-state index in [2.05, 4.69) is 5.32 Å². The van der Waals surface area contributed by atoms with Crippen LogP contribution in [-0.4, -0.2) is 43.7 Å². The average Bonchev–Trinajstić information content (AvgIpc) is 2.62.